The van der Waals surface area contributed by atoms with Gasteiger partial charge in [-0.05, 0) is 0 Å². The van der Waals surface area contributed by atoms with Crippen LogP contribution in [0.2, 0.25) is 0 Å². The number of benzene rings is 1. The number of carbonyl (C=O) groups excluding carboxylic acids is 1. The topological polar surface area (TPSA) is 160 Å². The molecule has 12 heteroatoms. The van der Waals surface area contributed by atoms with Crippen molar-refractivity contribution in [1.82, 2.24) is 9.55 Å². The lowest BCUT2D eigenvalue weighted by Gasteiger charge is -2.34. The maximum Gasteiger partial charge on any atom is 0.331 e. The Bertz CT molecular complexity index is 1050. The Hall–Kier alpha value is -2.74. The van der Waals surface area contributed by atoms with Gasteiger partial charge < -0.3 is 29.5 Å². The van der Waals surface area contributed by atoms with Crippen molar-refractivity contribution in [2.24, 2.45) is 0 Å². The van der Waals surface area contributed by atoms with Crippen molar-refractivity contribution in [3.63, 3.8) is 0 Å². The number of ether oxygens (including phenoxy) is 3. The van der Waals surface area contributed by atoms with E-state index in [1.165, 1.54) is 24.3 Å². The van der Waals surface area contributed by atoms with Gasteiger partial charge in [0.25, 0.3) is 5.56 Å². The number of methoxy groups -OCH3 is 2. The number of halogens is 1. The van der Waals surface area contributed by atoms with E-state index in [0.29, 0.717) is 10.8 Å². The second-order valence-electron chi connectivity index (χ2n) is 6.51. The minimum absolute atomic E-state index is 0.0821. The summed E-state index contributed by atoms with van der Waals surface area (Å²) in [5.41, 5.74) is -5.54. The van der Waals surface area contributed by atoms with Gasteiger partial charge in [0.2, 0.25) is 17.3 Å². The molecule has 1 aliphatic heterocycles. The van der Waals surface area contributed by atoms with Gasteiger partial charge in [-0.3, -0.25) is 19.1 Å². The van der Waals surface area contributed by atoms with Gasteiger partial charge in [-0.1, -0.05) is 30.3 Å². The molecule has 0 aliphatic carbocycles. The monoisotopic (exact) mass is 426 g/mol. The summed E-state index contributed by atoms with van der Waals surface area (Å²) in [6.07, 6.45) is -5.81. The highest BCUT2D eigenvalue weighted by molar-refractivity contribution is 6.01. The third kappa shape index (κ3) is 3.19. The zero-order chi connectivity index (χ0) is 22.3. The first kappa shape index (κ1) is 22.0. The fourth-order valence-electron chi connectivity index (χ4n) is 3.32. The van der Waals surface area contributed by atoms with Gasteiger partial charge in [0.1, 0.15) is 12.2 Å². The van der Waals surface area contributed by atoms with Crippen LogP contribution in [0, 0.1) is 5.82 Å². The minimum atomic E-state index is -2.78. The Labute approximate surface area is 167 Å². The maximum absolute atomic E-state index is 14.0. The van der Waals surface area contributed by atoms with E-state index in [-0.39, 0.29) is 5.56 Å². The van der Waals surface area contributed by atoms with Crippen LogP contribution < -0.4 is 11.2 Å². The molecule has 0 amide bonds. The number of Topliss-reactive ketones (excluding diaryl/α,β-unsaturated/α-hetero) is 1. The van der Waals surface area contributed by atoms with E-state index in [1.54, 1.807) is 11.1 Å². The number of nitrogens with zero attached hydrogens (tertiary/aromatic N) is 1. The predicted octanol–water partition coefficient (Wildman–Crippen LogP) is -1.73. The summed E-state index contributed by atoms with van der Waals surface area (Å²) in [7, 11) is 1.99. The molecule has 0 radical (unpaired) electrons. The number of carbonyl (C=O) groups is 1. The zero-order valence-electron chi connectivity index (χ0n) is 15.8. The van der Waals surface area contributed by atoms with Crippen molar-refractivity contribution >= 4 is 5.78 Å². The lowest BCUT2D eigenvalue weighted by atomic mass is 9.93. The number of rotatable bonds is 6. The summed E-state index contributed by atoms with van der Waals surface area (Å²) in [5.74, 6) is -5.18. The first-order valence-corrected chi connectivity index (χ1v) is 8.60. The number of aliphatic hydroxyl groups excluding tert-OH is 2. The Morgan fingerprint density at radius 2 is 1.83 bits per heavy atom. The summed E-state index contributed by atoms with van der Waals surface area (Å²) in [4.78, 5) is 39.0. The van der Waals surface area contributed by atoms with E-state index in [2.05, 4.69) is 0 Å². The molecule has 1 aromatic carbocycles. The van der Waals surface area contributed by atoms with Crippen molar-refractivity contribution < 1.29 is 38.7 Å². The SMILES string of the molecule is COC(O)(OC)[C@H]1O[C@@](C(=O)c2ccccc2)(n2cc(F)c(=O)[nH]c2=O)[C@H](O)[C@@H]1O. The van der Waals surface area contributed by atoms with E-state index in [9.17, 15) is 34.1 Å². The molecule has 0 spiro atoms. The number of ketones is 1. The first-order valence-electron chi connectivity index (χ1n) is 8.60. The van der Waals surface area contributed by atoms with Crippen molar-refractivity contribution in [3.8, 4) is 0 Å². The quantitative estimate of drug-likeness (QED) is 0.311. The number of aromatic nitrogens is 2. The molecule has 1 saturated heterocycles. The smallest absolute Gasteiger partial charge is 0.331 e. The summed E-state index contributed by atoms with van der Waals surface area (Å²) in [5, 5.41) is 31.8. The molecule has 1 aromatic heterocycles. The fourth-order valence-corrected chi connectivity index (χ4v) is 3.32. The van der Waals surface area contributed by atoms with Gasteiger partial charge in [0, 0.05) is 19.8 Å². The highest BCUT2D eigenvalue weighted by Crippen LogP contribution is 2.41. The van der Waals surface area contributed by atoms with Gasteiger partial charge in [-0.2, -0.15) is 4.39 Å². The molecule has 11 nitrogen and oxygen atoms in total. The minimum Gasteiger partial charge on any atom is -0.387 e. The van der Waals surface area contributed by atoms with Gasteiger partial charge >= 0.3 is 11.7 Å². The number of hydrogen-bond donors (Lipinski definition) is 4. The highest BCUT2D eigenvalue weighted by Gasteiger charge is 2.66. The van der Waals surface area contributed by atoms with Crippen molar-refractivity contribution in [1.29, 1.82) is 0 Å². The van der Waals surface area contributed by atoms with Crippen LogP contribution in [0.25, 0.3) is 0 Å². The summed E-state index contributed by atoms with van der Waals surface area (Å²) in [6.45, 7) is 0. The number of aromatic amines is 1. The molecule has 2 heterocycles. The van der Waals surface area contributed by atoms with Crippen LogP contribution in [0.15, 0.2) is 46.1 Å². The van der Waals surface area contributed by atoms with Crippen molar-refractivity contribution in [2.75, 3.05) is 14.2 Å². The van der Waals surface area contributed by atoms with Gasteiger partial charge in [-0.25, -0.2) is 4.79 Å². The average molecular weight is 426 g/mol. The van der Waals surface area contributed by atoms with Gasteiger partial charge in [0.15, 0.2) is 6.10 Å². The second-order valence-corrected chi connectivity index (χ2v) is 6.51. The number of aliphatic hydroxyl groups is 3. The molecular formula is C18H19FN2O9. The van der Waals surface area contributed by atoms with Crippen molar-refractivity contribution in [3.05, 3.63) is 68.7 Å². The number of H-pyrrole nitrogens is 1. The molecular weight excluding hydrogens is 407 g/mol. The zero-order valence-corrected chi connectivity index (χ0v) is 15.8. The molecule has 1 aliphatic rings. The third-order valence-corrected chi connectivity index (χ3v) is 4.90. The van der Waals surface area contributed by atoms with E-state index in [4.69, 9.17) is 14.2 Å². The van der Waals surface area contributed by atoms with Crippen molar-refractivity contribution in [2.45, 2.75) is 30.0 Å². The van der Waals surface area contributed by atoms with E-state index < -0.39 is 52.9 Å². The van der Waals surface area contributed by atoms with Crippen LogP contribution in [0.5, 0.6) is 0 Å². The average Bonchev–Trinajstić information content (AvgIpc) is 3.02. The van der Waals surface area contributed by atoms with Crippen LogP contribution >= 0.6 is 0 Å². The normalized spacial score (nSPS) is 26.7. The largest absolute Gasteiger partial charge is 0.387 e. The van der Waals surface area contributed by atoms with E-state index in [0.717, 1.165) is 14.2 Å². The highest BCUT2D eigenvalue weighted by atomic mass is 19.1. The van der Waals surface area contributed by atoms with E-state index >= 15 is 0 Å². The van der Waals surface area contributed by atoms with Gasteiger partial charge in [-0.15, -0.1) is 0 Å². The lowest BCUT2D eigenvalue weighted by Crippen LogP contribution is -2.57. The Morgan fingerprint density at radius 1 is 1.23 bits per heavy atom. The van der Waals surface area contributed by atoms with Gasteiger partial charge in [0.05, 0.1) is 6.20 Å². The standard InChI is InChI=1S/C18H19FN2O9/c1-28-18(27,29-2)14-11(22)13(24)17(30-14,12(23)9-6-4-3-5-7-9)21-8-10(19)15(25)20-16(21)26/h3-8,11,13-14,22,24,27H,1-2H3,(H,20,25,26)/t11-,13+,14-,17+/m0/s1. The summed E-state index contributed by atoms with van der Waals surface area (Å²) < 4.78 is 29.4. The van der Waals surface area contributed by atoms with E-state index in [1.807, 2.05) is 0 Å². The molecule has 30 heavy (non-hydrogen) atoms. The van der Waals surface area contributed by atoms with Crippen LogP contribution in [-0.4, -0.2) is 69.2 Å². The second kappa shape index (κ2) is 7.83. The number of nitrogens with one attached hydrogen (secondary N) is 1. The molecule has 0 unspecified atom stereocenters. The Morgan fingerprint density at radius 3 is 2.40 bits per heavy atom. The molecule has 3 rings (SSSR count). The molecule has 4 N–H and O–H groups in total. The molecule has 2 aromatic rings. The number of hydrogen-bond acceptors (Lipinski definition) is 9. The Kier molecular flexibility index (Phi) is 5.73. The third-order valence-electron chi connectivity index (χ3n) is 4.90. The van der Waals surface area contributed by atoms with Crippen LogP contribution in [0.1, 0.15) is 10.4 Å². The molecule has 1 fully saturated rings. The fraction of sp³-hybridized carbons (Fsp3) is 0.389. The maximum atomic E-state index is 14.0. The van der Waals surface area contributed by atoms with Crippen LogP contribution in [-0.2, 0) is 19.9 Å². The van der Waals surface area contributed by atoms with Crippen LogP contribution in [0.4, 0.5) is 4.39 Å². The summed E-state index contributed by atoms with van der Waals surface area (Å²) in [6, 6.07) is 7.20. The lowest BCUT2D eigenvalue weighted by molar-refractivity contribution is -0.392. The molecule has 0 saturated carbocycles. The predicted molar refractivity (Wildman–Crippen MR) is 95.9 cm³/mol. The molecule has 0 bridgehead atoms. The first-order chi connectivity index (χ1) is 14.1. The van der Waals surface area contributed by atoms with Crippen LogP contribution in [0.3, 0.4) is 0 Å². The summed E-state index contributed by atoms with van der Waals surface area (Å²) >= 11 is 0. The molecule has 162 valence electrons. The Balaban J connectivity index is 2.29. The molecule has 4 atom stereocenters.